The summed E-state index contributed by atoms with van der Waals surface area (Å²) < 4.78 is 19.9. The number of rotatable bonds is 16. The maximum Gasteiger partial charge on any atom is 0.408 e. The smallest absolute Gasteiger partial charge is 0.408 e. The van der Waals surface area contributed by atoms with Crippen LogP contribution in [0.25, 0.3) is 33.3 Å². The van der Waals surface area contributed by atoms with Gasteiger partial charge in [0.2, 0.25) is 0 Å². The molecule has 4 heterocycles. The van der Waals surface area contributed by atoms with Gasteiger partial charge in [-0.3, -0.25) is 20.1 Å². The van der Waals surface area contributed by atoms with Crippen molar-refractivity contribution in [2.75, 3.05) is 51.3 Å². The molecular weight excluding hydrogens is 783 g/mol. The number of pyridine rings is 1. The summed E-state index contributed by atoms with van der Waals surface area (Å²) >= 11 is 0. The standard InChI is InChI=1S/C49H67N7O6/c1-9-56-43-18-15-35(34-13-10-12-33(24-34)25-36(30-57)52-47(59)62-48(3,4)5)26-39(43)41(28-49(6,7)31-61-46(58)42-14-11-19-51-53-42)45(56)40-27-38(29-50-44(40)32(2)60-8)55-22-20-54(21-23-55)37-16-17-37/h10,12-13,15,18,24,26-27,29-30,32,36-37,42,51,53H,9,11,14,16-17,19-23,25,28,31H2,1-8H3,(H,52,59)/t32-,36-,42?/m0/s1. The van der Waals surface area contributed by atoms with Crippen LogP contribution < -0.4 is 21.1 Å². The third-order valence-electron chi connectivity index (χ3n) is 12.3. The Morgan fingerprint density at radius 2 is 1.76 bits per heavy atom. The molecule has 1 aliphatic carbocycles. The number of nitrogens with one attached hydrogen (secondary N) is 3. The molecule has 2 aromatic heterocycles. The van der Waals surface area contributed by atoms with Crippen molar-refractivity contribution in [3.05, 3.63) is 71.5 Å². The van der Waals surface area contributed by atoms with Crippen LogP contribution in [0.2, 0.25) is 0 Å². The average Bonchev–Trinajstić information content (AvgIpc) is 4.07. The summed E-state index contributed by atoms with van der Waals surface area (Å²) in [4.78, 5) is 48.2. The van der Waals surface area contributed by atoms with Crippen LogP contribution in [0.1, 0.15) is 97.1 Å². The van der Waals surface area contributed by atoms with E-state index in [1.807, 2.05) is 18.3 Å². The number of carbonyl (C=O) groups is 3. The van der Waals surface area contributed by atoms with Crippen molar-refractivity contribution in [1.29, 1.82) is 0 Å². The number of ether oxygens (including phenoxy) is 3. The highest BCUT2D eigenvalue weighted by atomic mass is 16.6. The number of piperazine rings is 1. The first-order chi connectivity index (χ1) is 29.7. The highest BCUT2D eigenvalue weighted by Crippen LogP contribution is 2.43. The van der Waals surface area contributed by atoms with Crippen LogP contribution in [0.5, 0.6) is 0 Å². The fourth-order valence-corrected chi connectivity index (χ4v) is 8.93. The molecule has 0 spiro atoms. The highest BCUT2D eigenvalue weighted by Gasteiger charge is 2.34. The fraction of sp³-hybridized carbons (Fsp3) is 0.551. The van der Waals surface area contributed by atoms with Gasteiger partial charge in [-0.2, -0.15) is 0 Å². The lowest BCUT2D eigenvalue weighted by Gasteiger charge is -2.36. The number of methoxy groups -OCH3 is 1. The second kappa shape index (κ2) is 19.3. The van der Waals surface area contributed by atoms with Gasteiger partial charge in [-0.25, -0.2) is 10.2 Å². The molecule has 2 saturated heterocycles. The first-order valence-electron chi connectivity index (χ1n) is 22.5. The third kappa shape index (κ3) is 10.9. The molecule has 13 nitrogen and oxygen atoms in total. The number of hydrogen-bond acceptors (Lipinski definition) is 11. The minimum Gasteiger partial charge on any atom is -0.464 e. The van der Waals surface area contributed by atoms with Crippen molar-refractivity contribution >= 4 is 34.9 Å². The Labute approximate surface area is 367 Å². The van der Waals surface area contributed by atoms with Gasteiger partial charge in [-0.05, 0) is 114 Å². The van der Waals surface area contributed by atoms with Gasteiger partial charge in [0, 0.05) is 74.3 Å². The molecule has 2 aromatic carbocycles. The average molecular weight is 850 g/mol. The number of anilines is 1. The molecule has 3 aliphatic rings. The summed E-state index contributed by atoms with van der Waals surface area (Å²) in [5.41, 5.74) is 14.4. The Balaban J connectivity index is 1.29. The van der Waals surface area contributed by atoms with E-state index in [2.05, 4.69) is 94.6 Å². The molecule has 1 amide bonds. The molecule has 1 saturated carbocycles. The molecule has 3 atom stereocenters. The van der Waals surface area contributed by atoms with E-state index in [0.717, 1.165) is 120 Å². The van der Waals surface area contributed by atoms with Crippen LogP contribution >= 0.6 is 0 Å². The summed E-state index contributed by atoms with van der Waals surface area (Å²) in [6.07, 6.45) is 7.10. The lowest BCUT2D eigenvalue weighted by Crippen LogP contribution is -2.50. The van der Waals surface area contributed by atoms with Crippen molar-refractivity contribution in [2.45, 2.75) is 123 Å². The van der Waals surface area contributed by atoms with Crippen molar-refractivity contribution in [1.82, 2.24) is 30.6 Å². The summed E-state index contributed by atoms with van der Waals surface area (Å²) in [5.74, 6) is -0.239. The van der Waals surface area contributed by atoms with Crippen LogP contribution in [0.4, 0.5) is 10.5 Å². The van der Waals surface area contributed by atoms with Crippen molar-refractivity contribution in [3.8, 4) is 22.4 Å². The number of carbonyl (C=O) groups excluding carboxylic acids is 3. The number of aldehydes is 1. The maximum absolute atomic E-state index is 13.3. The Bertz CT molecular complexity index is 2210. The molecule has 0 bridgehead atoms. The number of hydrogen-bond donors (Lipinski definition) is 3. The second-order valence-electron chi connectivity index (χ2n) is 19.1. The van der Waals surface area contributed by atoms with E-state index in [4.69, 9.17) is 19.2 Å². The van der Waals surface area contributed by atoms with E-state index >= 15 is 0 Å². The van der Waals surface area contributed by atoms with Crippen LogP contribution in [0, 0.1) is 5.41 Å². The second-order valence-corrected chi connectivity index (χ2v) is 19.1. The van der Waals surface area contributed by atoms with Crippen LogP contribution in [-0.2, 0) is 43.2 Å². The summed E-state index contributed by atoms with van der Waals surface area (Å²) in [6, 6.07) is 16.7. The Morgan fingerprint density at radius 3 is 2.42 bits per heavy atom. The lowest BCUT2D eigenvalue weighted by atomic mass is 9.84. The maximum atomic E-state index is 13.3. The van der Waals surface area contributed by atoms with Crippen molar-refractivity contribution in [3.63, 3.8) is 0 Å². The molecule has 62 heavy (non-hydrogen) atoms. The minimum atomic E-state index is -0.744. The predicted molar refractivity (Wildman–Crippen MR) is 244 cm³/mol. The Hall–Kier alpha value is -4.82. The zero-order valence-corrected chi connectivity index (χ0v) is 38.0. The molecule has 3 fully saturated rings. The first kappa shape index (κ1) is 45.2. The van der Waals surface area contributed by atoms with E-state index in [-0.39, 0.29) is 24.7 Å². The molecule has 1 unspecified atom stereocenters. The quantitative estimate of drug-likeness (QED) is 0.0769. The van der Waals surface area contributed by atoms with E-state index in [9.17, 15) is 14.4 Å². The number of aromatic nitrogens is 2. The minimum absolute atomic E-state index is 0.239. The molecule has 7 rings (SSSR count). The van der Waals surface area contributed by atoms with Gasteiger partial charge in [-0.1, -0.05) is 44.2 Å². The van der Waals surface area contributed by atoms with Gasteiger partial charge in [0.25, 0.3) is 0 Å². The summed E-state index contributed by atoms with van der Waals surface area (Å²) in [6.45, 7) is 19.8. The molecule has 13 heteroatoms. The topological polar surface area (TPSA) is 139 Å². The van der Waals surface area contributed by atoms with E-state index in [0.29, 0.717) is 12.8 Å². The zero-order chi connectivity index (χ0) is 44.2. The molecule has 3 N–H and O–H groups in total. The largest absolute Gasteiger partial charge is 0.464 e. The number of alkyl carbamates (subject to hydrolysis) is 1. The lowest BCUT2D eigenvalue weighted by molar-refractivity contribution is -0.150. The van der Waals surface area contributed by atoms with Gasteiger partial charge in [0.15, 0.2) is 0 Å². The third-order valence-corrected chi connectivity index (χ3v) is 12.3. The van der Waals surface area contributed by atoms with Crippen LogP contribution in [0.15, 0.2) is 54.7 Å². The SMILES string of the molecule is CCn1c(-c2cc(N3CCN(C4CC4)CC3)cnc2[C@H](C)OC)c(CC(C)(C)COC(=O)C2CCCNN2)c2cc(-c3cccc(C[C@@H](C=O)NC(=O)OC(C)(C)C)c3)ccc21. The van der Waals surface area contributed by atoms with Crippen LogP contribution in [-0.4, -0.2) is 103 Å². The molecule has 2 aliphatic heterocycles. The number of esters is 1. The van der Waals surface area contributed by atoms with E-state index in [1.165, 1.54) is 12.8 Å². The number of aryl methyl sites for hydroxylation is 1. The fourth-order valence-electron chi connectivity index (χ4n) is 8.93. The molecule has 0 radical (unpaired) electrons. The normalized spacial score (nSPS) is 18.6. The van der Waals surface area contributed by atoms with E-state index in [1.54, 1.807) is 27.9 Å². The number of fused-ring (bicyclic) bond motifs is 1. The molecule has 334 valence electrons. The molecule has 4 aromatic rings. The summed E-state index contributed by atoms with van der Waals surface area (Å²) in [5, 5.41) is 3.82. The van der Waals surface area contributed by atoms with Crippen LogP contribution in [0.3, 0.4) is 0 Å². The number of benzene rings is 2. The zero-order valence-electron chi connectivity index (χ0n) is 38.0. The van der Waals surface area contributed by atoms with Gasteiger partial charge in [-0.15, -0.1) is 0 Å². The summed E-state index contributed by atoms with van der Waals surface area (Å²) in [7, 11) is 1.73. The number of nitrogens with zero attached hydrogens (tertiary/aromatic N) is 4. The van der Waals surface area contributed by atoms with Gasteiger partial charge in [0.1, 0.15) is 17.9 Å². The number of hydrazine groups is 1. The number of amides is 1. The first-order valence-corrected chi connectivity index (χ1v) is 22.5. The van der Waals surface area contributed by atoms with Gasteiger partial charge >= 0.3 is 12.1 Å². The van der Waals surface area contributed by atoms with Crippen molar-refractivity contribution < 1.29 is 28.6 Å². The van der Waals surface area contributed by atoms with Gasteiger partial charge < -0.3 is 33.8 Å². The van der Waals surface area contributed by atoms with Crippen molar-refractivity contribution in [2.24, 2.45) is 5.41 Å². The van der Waals surface area contributed by atoms with Gasteiger partial charge in [0.05, 0.1) is 42.0 Å². The van der Waals surface area contributed by atoms with E-state index < -0.39 is 23.2 Å². The molecular formula is C49H67N7O6. The predicted octanol–water partition coefficient (Wildman–Crippen LogP) is 7.39. The Morgan fingerprint density at radius 1 is 1.00 bits per heavy atom. The Kier molecular flexibility index (Phi) is 14.1. The monoisotopic (exact) mass is 850 g/mol. The highest BCUT2D eigenvalue weighted by molar-refractivity contribution is 5.95.